The van der Waals surface area contributed by atoms with Crippen LogP contribution in [0.2, 0.25) is 0 Å². The van der Waals surface area contributed by atoms with Crippen molar-refractivity contribution in [3.8, 4) is 5.75 Å². The molecule has 2 aromatic carbocycles. The van der Waals surface area contributed by atoms with Crippen LogP contribution in [-0.4, -0.2) is 40.8 Å². The molecule has 3 aliphatic rings. The van der Waals surface area contributed by atoms with Crippen LogP contribution in [0.5, 0.6) is 5.75 Å². The Kier molecular flexibility index (Phi) is 8.33. The molecule has 216 valence electrons. The van der Waals surface area contributed by atoms with Crippen LogP contribution in [0.3, 0.4) is 0 Å². The summed E-state index contributed by atoms with van der Waals surface area (Å²) in [6.45, 7) is 4.86. The number of quaternary nitrogens is 1. The van der Waals surface area contributed by atoms with Crippen LogP contribution in [-0.2, 0) is 18.9 Å². The smallest absolute Gasteiger partial charge is 0.416 e. The zero-order valence-electron chi connectivity index (χ0n) is 21.6. The molecule has 3 fully saturated rings. The van der Waals surface area contributed by atoms with Gasteiger partial charge in [-0.2, -0.15) is 26.3 Å². The Bertz CT molecular complexity index is 1360. The molecule has 4 heterocycles. The van der Waals surface area contributed by atoms with E-state index in [0.29, 0.717) is 41.7 Å². The second-order valence-electron chi connectivity index (χ2n) is 10.7. The predicted molar refractivity (Wildman–Crippen MR) is 134 cm³/mol. The molecule has 2 bridgehead atoms. The second kappa shape index (κ2) is 11.0. The van der Waals surface area contributed by atoms with Crippen molar-refractivity contribution in [2.75, 3.05) is 20.2 Å². The van der Waals surface area contributed by atoms with E-state index in [1.165, 1.54) is 7.11 Å². The maximum Gasteiger partial charge on any atom is 0.416 e. The van der Waals surface area contributed by atoms with Gasteiger partial charge in [-0.3, -0.25) is 4.98 Å². The summed E-state index contributed by atoms with van der Waals surface area (Å²) in [6.07, 6.45) is -6.16. The standard InChI is InChI=1S/C29H29F6N2O2.BrH/c1-3-18-16-37(15-17-10-20(28(30,31)32)13-21(11-17)29(33,34)35)9-7-19(18)12-26(37)27(38)23-6-8-36-25-5-4-22(39-2)14-24(23)25;/h3-6,8,10-11,13-14,18-19,26-27,38H,1,7,9,12,15-16H2,2H3;1H/q+1;/p-1/t18-,19-,26+,27-,37+;/m0./s1. The second-order valence-corrected chi connectivity index (χ2v) is 10.7. The van der Waals surface area contributed by atoms with Crippen LogP contribution in [0.15, 0.2) is 61.3 Å². The highest BCUT2D eigenvalue weighted by atomic mass is 79.9. The van der Waals surface area contributed by atoms with Gasteiger partial charge in [0.1, 0.15) is 24.4 Å². The lowest BCUT2D eigenvalue weighted by Crippen LogP contribution is -3.00. The topological polar surface area (TPSA) is 42.4 Å². The maximum atomic E-state index is 13.6. The molecule has 1 aromatic heterocycles. The summed E-state index contributed by atoms with van der Waals surface area (Å²) in [5.41, 5.74) is -1.47. The van der Waals surface area contributed by atoms with Crippen LogP contribution >= 0.6 is 0 Å². The van der Waals surface area contributed by atoms with E-state index in [1.807, 2.05) is 6.08 Å². The molecule has 3 saturated heterocycles. The van der Waals surface area contributed by atoms with Gasteiger partial charge in [-0.1, -0.05) is 6.08 Å². The van der Waals surface area contributed by atoms with E-state index in [1.54, 1.807) is 30.5 Å². The Labute approximate surface area is 238 Å². The molecule has 40 heavy (non-hydrogen) atoms. The highest BCUT2D eigenvalue weighted by Crippen LogP contribution is 2.48. The number of aliphatic hydroxyl groups excluding tert-OH is 1. The van der Waals surface area contributed by atoms with Crippen molar-refractivity contribution in [2.24, 2.45) is 11.8 Å². The highest BCUT2D eigenvalue weighted by Gasteiger charge is 2.54. The third kappa shape index (κ3) is 5.60. The summed E-state index contributed by atoms with van der Waals surface area (Å²) in [6, 6.07) is 8.34. The molecule has 3 aromatic rings. The molecule has 5 atom stereocenters. The number of pyridine rings is 1. The SMILES string of the molecule is C=C[C@H]1C[N@+]2(Cc3cc(C(F)(F)F)cc(C(F)(F)F)c3)CC[C@H]1C[C@@H]2[C@@H](O)c1ccnc2ccc(OC)cc12.[Br-]. The maximum absolute atomic E-state index is 13.6. The lowest BCUT2D eigenvalue weighted by Gasteiger charge is -2.58. The van der Waals surface area contributed by atoms with Gasteiger partial charge >= 0.3 is 12.4 Å². The van der Waals surface area contributed by atoms with Crippen LogP contribution in [0.1, 0.15) is 41.2 Å². The molecule has 4 nitrogen and oxygen atoms in total. The average molecular weight is 631 g/mol. The summed E-state index contributed by atoms with van der Waals surface area (Å²) >= 11 is 0. The molecule has 3 aliphatic heterocycles. The number of aliphatic hydroxyl groups is 1. The zero-order chi connectivity index (χ0) is 28.2. The molecule has 0 aliphatic carbocycles. The Morgan fingerprint density at radius 1 is 1.07 bits per heavy atom. The van der Waals surface area contributed by atoms with Crippen LogP contribution < -0.4 is 21.7 Å². The Morgan fingerprint density at radius 3 is 2.35 bits per heavy atom. The fourth-order valence-electron chi connectivity index (χ4n) is 6.59. The number of alkyl halides is 6. The van der Waals surface area contributed by atoms with E-state index < -0.39 is 35.6 Å². The fraction of sp³-hybridized carbons (Fsp3) is 0.414. The number of hydrogen-bond donors (Lipinski definition) is 1. The van der Waals surface area contributed by atoms with Crippen LogP contribution in [0, 0.1) is 11.8 Å². The molecule has 11 heteroatoms. The number of ether oxygens (including phenoxy) is 1. The minimum atomic E-state index is -4.93. The summed E-state index contributed by atoms with van der Waals surface area (Å²) in [4.78, 5) is 4.37. The van der Waals surface area contributed by atoms with E-state index in [9.17, 15) is 31.4 Å². The van der Waals surface area contributed by atoms with Gasteiger partial charge in [-0.25, -0.2) is 0 Å². The molecule has 0 spiro atoms. The number of hydrogen-bond acceptors (Lipinski definition) is 3. The van der Waals surface area contributed by atoms with Gasteiger partial charge in [0.05, 0.1) is 36.8 Å². The first kappa shape index (κ1) is 30.3. The van der Waals surface area contributed by atoms with Crippen LogP contribution in [0.4, 0.5) is 26.3 Å². The molecule has 0 saturated carbocycles. The van der Waals surface area contributed by atoms with Crippen molar-refractivity contribution in [1.82, 2.24) is 4.98 Å². The number of nitrogens with zero attached hydrogens (tertiary/aromatic N) is 2. The summed E-state index contributed by atoms with van der Waals surface area (Å²) in [7, 11) is 1.53. The zero-order valence-corrected chi connectivity index (χ0v) is 23.2. The van der Waals surface area contributed by atoms with E-state index >= 15 is 0 Å². The predicted octanol–water partition coefficient (Wildman–Crippen LogP) is 3.93. The number of rotatable bonds is 6. The Hall–Kier alpha value is -2.63. The largest absolute Gasteiger partial charge is 1.00 e. The van der Waals surface area contributed by atoms with Gasteiger partial charge in [0.25, 0.3) is 0 Å². The van der Waals surface area contributed by atoms with Crippen molar-refractivity contribution >= 4 is 10.9 Å². The normalized spacial score (nSPS) is 25.4. The fourth-order valence-corrected chi connectivity index (χ4v) is 6.59. The Morgan fingerprint density at radius 2 is 1.75 bits per heavy atom. The van der Waals surface area contributed by atoms with Crippen molar-refractivity contribution in [2.45, 2.75) is 43.9 Å². The van der Waals surface area contributed by atoms with Crippen molar-refractivity contribution < 1.29 is 57.7 Å². The van der Waals surface area contributed by atoms with Gasteiger partial charge in [0, 0.05) is 35.9 Å². The number of benzene rings is 2. The lowest BCUT2D eigenvalue weighted by molar-refractivity contribution is -0.984. The third-order valence-corrected chi connectivity index (χ3v) is 8.49. The van der Waals surface area contributed by atoms with Gasteiger partial charge in [-0.15, -0.1) is 6.58 Å². The Balaban J connectivity index is 0.00000370. The lowest BCUT2D eigenvalue weighted by atomic mass is 9.71. The first-order valence-corrected chi connectivity index (χ1v) is 12.7. The van der Waals surface area contributed by atoms with E-state index in [2.05, 4.69) is 11.6 Å². The van der Waals surface area contributed by atoms with Gasteiger partial charge in [0.2, 0.25) is 0 Å². The van der Waals surface area contributed by atoms with Gasteiger partial charge in [0.15, 0.2) is 0 Å². The number of halogens is 7. The first-order valence-electron chi connectivity index (χ1n) is 12.7. The van der Waals surface area contributed by atoms with E-state index in [-0.39, 0.29) is 51.5 Å². The van der Waals surface area contributed by atoms with E-state index in [4.69, 9.17) is 4.74 Å². The molecular weight excluding hydrogens is 602 g/mol. The number of methoxy groups -OCH3 is 1. The molecule has 0 amide bonds. The molecule has 1 N–H and O–H groups in total. The molecular formula is C29H29BrF6N2O2. The highest BCUT2D eigenvalue weighted by molar-refractivity contribution is 5.83. The van der Waals surface area contributed by atoms with Crippen molar-refractivity contribution in [1.29, 1.82) is 0 Å². The summed E-state index contributed by atoms with van der Waals surface area (Å²) < 4.78 is 87.2. The van der Waals surface area contributed by atoms with Gasteiger partial charge in [-0.05, 0) is 53.9 Å². The van der Waals surface area contributed by atoms with Crippen molar-refractivity contribution in [3.63, 3.8) is 0 Å². The average Bonchev–Trinajstić information content (AvgIpc) is 2.90. The number of fused-ring (bicyclic) bond motifs is 4. The molecule has 0 unspecified atom stereocenters. The van der Waals surface area contributed by atoms with Crippen LogP contribution in [0.25, 0.3) is 10.9 Å². The van der Waals surface area contributed by atoms with E-state index in [0.717, 1.165) is 18.6 Å². The monoisotopic (exact) mass is 630 g/mol. The molecule has 6 rings (SSSR count). The van der Waals surface area contributed by atoms with Gasteiger partial charge < -0.3 is 31.3 Å². The number of aromatic nitrogens is 1. The quantitative estimate of drug-likeness (QED) is 0.255. The number of piperidine rings is 3. The third-order valence-electron chi connectivity index (χ3n) is 8.49. The first-order chi connectivity index (χ1) is 18.3. The summed E-state index contributed by atoms with van der Waals surface area (Å²) in [5, 5.41) is 12.5. The van der Waals surface area contributed by atoms with Crippen molar-refractivity contribution in [3.05, 3.63) is 83.6 Å². The minimum absolute atomic E-state index is 0. The summed E-state index contributed by atoms with van der Waals surface area (Å²) in [5.74, 6) is 0.843. The molecule has 0 radical (unpaired) electrons. The minimum Gasteiger partial charge on any atom is -1.00 e.